The second-order valence-corrected chi connectivity index (χ2v) is 7.75. The maximum absolute atomic E-state index is 10.9. The summed E-state index contributed by atoms with van der Waals surface area (Å²) < 4.78 is 11.0. The van der Waals surface area contributed by atoms with E-state index in [1.54, 1.807) is 13.2 Å². The number of methoxy groups -OCH3 is 1. The average Bonchev–Trinajstić information content (AvgIpc) is 2.81. The Balaban J connectivity index is 1.75. The Morgan fingerprint density at radius 1 is 1.10 bits per heavy atom. The monoisotopic (exact) mass is 436 g/mol. The summed E-state index contributed by atoms with van der Waals surface area (Å²) in [6.07, 6.45) is 0.327. The Hall–Kier alpha value is -3.02. The zero-order valence-corrected chi connectivity index (χ0v) is 18.3. The van der Waals surface area contributed by atoms with Gasteiger partial charge < -0.3 is 14.6 Å². The van der Waals surface area contributed by atoms with Crippen LogP contribution < -0.4 is 14.8 Å². The number of nitrogens with zero attached hydrogens (tertiary/aromatic N) is 1. The van der Waals surface area contributed by atoms with Crippen LogP contribution in [0.15, 0.2) is 71.7 Å². The first-order chi connectivity index (χ1) is 15.1. The van der Waals surface area contributed by atoms with E-state index >= 15 is 0 Å². The van der Waals surface area contributed by atoms with Gasteiger partial charge in [-0.1, -0.05) is 48.0 Å². The molecule has 4 rings (SSSR count). The van der Waals surface area contributed by atoms with E-state index in [9.17, 15) is 5.11 Å². The van der Waals surface area contributed by atoms with Gasteiger partial charge in [0.1, 0.15) is 11.9 Å². The number of ether oxygens (including phenoxy) is 2. The molecule has 0 fully saturated rings. The van der Waals surface area contributed by atoms with Crippen molar-refractivity contribution in [2.75, 3.05) is 13.7 Å². The van der Waals surface area contributed by atoms with E-state index in [1.165, 1.54) is 0 Å². The summed E-state index contributed by atoms with van der Waals surface area (Å²) in [6.45, 7) is 2.38. The Bertz CT molecular complexity index is 1080. The van der Waals surface area contributed by atoms with Crippen molar-refractivity contribution < 1.29 is 14.6 Å². The summed E-state index contributed by atoms with van der Waals surface area (Å²) in [5, 5.41) is 15.1. The number of nitrogens with one attached hydrogen (secondary N) is 1. The van der Waals surface area contributed by atoms with Crippen LogP contribution in [0.3, 0.4) is 0 Å². The Kier molecular flexibility index (Phi) is 6.44. The van der Waals surface area contributed by atoms with Crippen LogP contribution in [0.25, 0.3) is 0 Å². The number of benzene rings is 3. The fourth-order valence-electron chi connectivity index (χ4n) is 3.79. The fraction of sp³-hybridized carbons (Fsp3) is 0.240. The van der Waals surface area contributed by atoms with Crippen LogP contribution in [0, 0.1) is 0 Å². The lowest BCUT2D eigenvalue weighted by Gasteiger charge is -2.31. The second kappa shape index (κ2) is 9.41. The lowest BCUT2D eigenvalue weighted by atomic mass is 9.93. The molecule has 2 atom stereocenters. The molecule has 0 aromatic heterocycles. The van der Waals surface area contributed by atoms with Gasteiger partial charge in [0.2, 0.25) is 0 Å². The summed E-state index contributed by atoms with van der Waals surface area (Å²) in [6, 6.07) is 21.0. The number of hydrogen-bond acceptors (Lipinski definition) is 5. The number of halogens is 1. The van der Waals surface area contributed by atoms with Crippen molar-refractivity contribution in [3.8, 4) is 17.2 Å². The Morgan fingerprint density at radius 3 is 2.61 bits per heavy atom. The minimum absolute atomic E-state index is 0.153. The second-order valence-electron chi connectivity index (χ2n) is 7.31. The lowest BCUT2D eigenvalue weighted by molar-refractivity contribution is 0.313. The van der Waals surface area contributed by atoms with Crippen molar-refractivity contribution in [3.05, 3.63) is 88.4 Å². The molecule has 3 aromatic rings. The van der Waals surface area contributed by atoms with Gasteiger partial charge in [-0.3, -0.25) is 10.3 Å². The zero-order valence-electron chi connectivity index (χ0n) is 17.5. The minimum atomic E-state index is -0.285. The normalized spacial score (nSPS) is 18.4. The lowest BCUT2D eigenvalue weighted by Crippen LogP contribution is -2.33. The van der Waals surface area contributed by atoms with Gasteiger partial charge in [-0.15, -0.1) is 0 Å². The molecule has 1 heterocycles. The molecule has 0 saturated carbocycles. The molecule has 1 aliphatic heterocycles. The van der Waals surface area contributed by atoms with Crippen molar-refractivity contribution >= 4 is 17.3 Å². The van der Waals surface area contributed by atoms with Crippen LogP contribution >= 0.6 is 11.6 Å². The highest BCUT2D eigenvalue weighted by molar-refractivity contribution is 6.30. The summed E-state index contributed by atoms with van der Waals surface area (Å²) in [4.78, 5) is 4.99. The topological polar surface area (TPSA) is 63.1 Å². The van der Waals surface area contributed by atoms with E-state index in [4.69, 9.17) is 26.1 Å². The maximum atomic E-state index is 10.9. The van der Waals surface area contributed by atoms with Gasteiger partial charge in [-0.2, -0.15) is 0 Å². The molecule has 2 N–H and O–H groups in total. The molecule has 0 bridgehead atoms. The van der Waals surface area contributed by atoms with Crippen molar-refractivity contribution in [1.82, 2.24) is 5.32 Å². The van der Waals surface area contributed by atoms with E-state index in [2.05, 4.69) is 5.32 Å². The molecular weight excluding hydrogens is 412 g/mol. The average molecular weight is 437 g/mol. The zero-order chi connectivity index (χ0) is 21.8. The van der Waals surface area contributed by atoms with Crippen molar-refractivity contribution in [1.29, 1.82) is 0 Å². The standard InChI is InChI=1S/C25H25ClN2O3/c1-3-31-23-9-5-8-20(24(23)29)22-15-21(17-6-4-7-19(14-17)30-2)27-25(28-22)16-10-12-18(26)13-11-16/h4-14,22,25,28-29H,3,15H2,1-2H3/t22-,25+/m0/s1. The van der Waals surface area contributed by atoms with Gasteiger partial charge in [0.25, 0.3) is 0 Å². The third-order valence-electron chi connectivity index (χ3n) is 5.34. The molecular formula is C25H25ClN2O3. The largest absolute Gasteiger partial charge is 0.504 e. The number of phenols is 1. The van der Waals surface area contributed by atoms with Crippen LogP contribution in [-0.4, -0.2) is 24.5 Å². The first kappa shape index (κ1) is 21.2. The molecule has 3 aromatic carbocycles. The molecule has 5 nitrogen and oxygen atoms in total. The summed E-state index contributed by atoms with van der Waals surface area (Å²) in [5.41, 5.74) is 3.70. The van der Waals surface area contributed by atoms with E-state index < -0.39 is 0 Å². The smallest absolute Gasteiger partial charge is 0.162 e. The van der Waals surface area contributed by atoms with Gasteiger partial charge in [0, 0.05) is 28.8 Å². The van der Waals surface area contributed by atoms with Crippen molar-refractivity contribution in [3.63, 3.8) is 0 Å². The van der Waals surface area contributed by atoms with Crippen molar-refractivity contribution in [2.24, 2.45) is 4.99 Å². The van der Waals surface area contributed by atoms with Gasteiger partial charge in [0.15, 0.2) is 11.5 Å². The molecule has 6 heteroatoms. The molecule has 0 amide bonds. The Morgan fingerprint density at radius 2 is 1.87 bits per heavy atom. The number of hydrogen-bond donors (Lipinski definition) is 2. The molecule has 160 valence electrons. The third-order valence-corrected chi connectivity index (χ3v) is 5.59. The molecule has 0 aliphatic carbocycles. The molecule has 0 unspecified atom stereocenters. The van der Waals surface area contributed by atoms with Crippen LogP contribution in [0.1, 0.15) is 42.2 Å². The number of para-hydroxylation sites is 1. The van der Waals surface area contributed by atoms with Gasteiger partial charge >= 0.3 is 0 Å². The number of aromatic hydroxyl groups is 1. The fourth-order valence-corrected chi connectivity index (χ4v) is 3.92. The summed E-state index contributed by atoms with van der Waals surface area (Å²) >= 11 is 6.08. The van der Waals surface area contributed by atoms with Crippen LogP contribution in [0.4, 0.5) is 0 Å². The third kappa shape index (κ3) is 4.68. The number of aliphatic imine (C=N–C) groups is 1. The summed E-state index contributed by atoms with van der Waals surface area (Å²) in [5.74, 6) is 1.42. The molecule has 0 spiro atoms. The van der Waals surface area contributed by atoms with Crippen LogP contribution in [0.5, 0.6) is 17.2 Å². The maximum Gasteiger partial charge on any atom is 0.162 e. The molecule has 31 heavy (non-hydrogen) atoms. The van der Waals surface area contributed by atoms with Crippen LogP contribution in [-0.2, 0) is 0 Å². The van der Waals surface area contributed by atoms with Gasteiger partial charge in [0.05, 0.1) is 13.7 Å². The SMILES string of the molecule is CCOc1cccc([C@@H]2CC(c3cccc(OC)c3)=N[C@@H](c3ccc(Cl)cc3)N2)c1O. The highest BCUT2D eigenvalue weighted by atomic mass is 35.5. The highest BCUT2D eigenvalue weighted by Gasteiger charge is 2.28. The predicted octanol–water partition coefficient (Wildman–Crippen LogP) is 5.68. The highest BCUT2D eigenvalue weighted by Crippen LogP contribution is 2.39. The first-order valence-corrected chi connectivity index (χ1v) is 10.6. The van der Waals surface area contributed by atoms with Crippen LogP contribution in [0.2, 0.25) is 5.02 Å². The van der Waals surface area contributed by atoms with E-state index in [-0.39, 0.29) is 18.0 Å². The quantitative estimate of drug-likeness (QED) is 0.522. The molecule has 0 saturated heterocycles. The summed E-state index contributed by atoms with van der Waals surface area (Å²) in [7, 11) is 1.65. The van der Waals surface area contributed by atoms with Crippen molar-refractivity contribution in [2.45, 2.75) is 25.6 Å². The predicted molar refractivity (Wildman–Crippen MR) is 123 cm³/mol. The number of rotatable bonds is 6. The minimum Gasteiger partial charge on any atom is -0.504 e. The number of phenolic OH excluding ortho intramolecular Hbond substituents is 1. The first-order valence-electron chi connectivity index (χ1n) is 10.3. The van der Waals surface area contributed by atoms with E-state index in [1.807, 2.05) is 67.6 Å². The molecule has 0 radical (unpaired) electrons. The van der Waals surface area contributed by atoms with Gasteiger partial charge in [-0.25, -0.2) is 0 Å². The van der Waals surface area contributed by atoms with Gasteiger partial charge in [-0.05, 0) is 48.4 Å². The van der Waals surface area contributed by atoms with E-state index in [0.717, 1.165) is 28.2 Å². The van der Waals surface area contributed by atoms with E-state index in [0.29, 0.717) is 23.8 Å². The Labute approximate surface area is 187 Å². The molecule has 1 aliphatic rings.